The predicted molar refractivity (Wildman–Crippen MR) is 78.7 cm³/mol. The van der Waals surface area contributed by atoms with Crippen LogP contribution in [0.3, 0.4) is 0 Å². The van der Waals surface area contributed by atoms with E-state index in [4.69, 9.17) is 26.9 Å². The van der Waals surface area contributed by atoms with Gasteiger partial charge >= 0.3 is 0 Å². The summed E-state index contributed by atoms with van der Waals surface area (Å²) >= 11 is 5.88. The number of halogens is 1. The second-order valence-electron chi connectivity index (χ2n) is 4.12. The van der Waals surface area contributed by atoms with Crippen LogP contribution < -0.4 is 5.73 Å². The van der Waals surface area contributed by atoms with Gasteiger partial charge in [0.25, 0.3) is 0 Å². The lowest BCUT2D eigenvalue weighted by atomic mass is 10.1. The number of nitrogens with zero attached hydrogens (tertiary/aromatic N) is 1. The molecule has 19 heavy (non-hydrogen) atoms. The highest BCUT2D eigenvalue weighted by molar-refractivity contribution is 6.30. The third kappa shape index (κ3) is 6.57. The summed E-state index contributed by atoms with van der Waals surface area (Å²) < 4.78 is 5.04. The van der Waals surface area contributed by atoms with Crippen molar-refractivity contribution in [2.24, 2.45) is 10.9 Å². The van der Waals surface area contributed by atoms with E-state index in [2.05, 4.69) is 5.16 Å². The number of nitrogens with two attached hydrogens (primary N) is 1. The topological polar surface area (TPSA) is 56.8 Å². The average Bonchev–Trinajstić information content (AvgIpc) is 2.43. The van der Waals surface area contributed by atoms with E-state index in [9.17, 15) is 0 Å². The van der Waals surface area contributed by atoms with Gasteiger partial charge in [-0.1, -0.05) is 28.9 Å². The van der Waals surface area contributed by atoms with Crippen LogP contribution >= 0.6 is 11.6 Å². The van der Waals surface area contributed by atoms with E-state index in [0.717, 1.165) is 37.1 Å². The monoisotopic (exact) mass is 284 g/mol. The molecule has 5 heteroatoms. The molecule has 106 valence electrons. The molecule has 0 saturated carbocycles. The quantitative estimate of drug-likeness (QED) is 0.431. The van der Waals surface area contributed by atoms with E-state index in [1.54, 1.807) is 7.11 Å². The van der Waals surface area contributed by atoms with Gasteiger partial charge in [0.15, 0.2) is 0 Å². The molecular weight excluding hydrogens is 264 g/mol. The molecule has 0 aliphatic carbocycles. The maximum absolute atomic E-state index is 5.88. The number of benzene rings is 1. The van der Waals surface area contributed by atoms with Crippen molar-refractivity contribution in [2.45, 2.75) is 19.3 Å². The molecule has 1 aromatic carbocycles. The number of unbranched alkanes of at least 4 members (excludes halogenated alkanes) is 1. The van der Waals surface area contributed by atoms with E-state index in [1.807, 2.05) is 24.3 Å². The minimum atomic E-state index is 0.426. The molecule has 0 aromatic heterocycles. The summed E-state index contributed by atoms with van der Waals surface area (Å²) in [4.78, 5) is 5.19. The molecule has 1 rings (SSSR count). The largest absolute Gasteiger partial charge is 0.394 e. The summed E-state index contributed by atoms with van der Waals surface area (Å²) in [5, 5.41) is 4.88. The van der Waals surface area contributed by atoms with Gasteiger partial charge in [-0.15, -0.1) is 0 Å². The van der Waals surface area contributed by atoms with Gasteiger partial charge in [0.05, 0.1) is 5.71 Å². The molecule has 2 N–H and O–H groups in total. The summed E-state index contributed by atoms with van der Waals surface area (Å²) in [6, 6.07) is 7.60. The lowest BCUT2D eigenvalue weighted by Crippen LogP contribution is -2.08. The second-order valence-corrected chi connectivity index (χ2v) is 4.55. The molecule has 1 aromatic rings. The second kappa shape index (κ2) is 9.78. The Morgan fingerprint density at radius 3 is 2.58 bits per heavy atom. The van der Waals surface area contributed by atoms with Crippen molar-refractivity contribution in [3.8, 4) is 0 Å². The Labute approximate surface area is 119 Å². The van der Waals surface area contributed by atoms with Crippen molar-refractivity contribution in [2.75, 3.05) is 26.9 Å². The maximum Gasteiger partial charge on any atom is 0.129 e. The molecule has 0 bridgehead atoms. The van der Waals surface area contributed by atoms with Crippen molar-refractivity contribution in [3.05, 3.63) is 34.9 Å². The molecule has 0 aliphatic rings. The molecule has 4 nitrogen and oxygen atoms in total. The van der Waals surface area contributed by atoms with E-state index in [-0.39, 0.29) is 0 Å². The van der Waals surface area contributed by atoms with Gasteiger partial charge in [0.2, 0.25) is 0 Å². The van der Waals surface area contributed by atoms with Gasteiger partial charge in [-0.2, -0.15) is 0 Å². The van der Waals surface area contributed by atoms with Crippen LogP contribution in [0.4, 0.5) is 0 Å². The standard InChI is InChI=1S/C14H21ClN2O2/c1-18-10-3-2-4-14(17-19-11-9-16)12-5-7-13(15)8-6-12/h5-8H,2-4,9-11,16H2,1H3/b17-14-. The first-order chi connectivity index (χ1) is 9.27. The van der Waals surface area contributed by atoms with Gasteiger partial charge in [0, 0.05) is 25.3 Å². The molecule has 0 aliphatic heterocycles. The smallest absolute Gasteiger partial charge is 0.129 e. The fourth-order valence-corrected chi connectivity index (χ4v) is 1.73. The third-order valence-electron chi connectivity index (χ3n) is 2.57. The first-order valence-corrected chi connectivity index (χ1v) is 6.79. The van der Waals surface area contributed by atoms with Crippen LogP contribution in [0.2, 0.25) is 5.02 Å². The summed E-state index contributed by atoms with van der Waals surface area (Å²) in [6.07, 6.45) is 2.84. The normalized spacial score (nSPS) is 11.6. The molecule has 0 spiro atoms. The van der Waals surface area contributed by atoms with Gasteiger partial charge in [0.1, 0.15) is 6.61 Å². The zero-order valence-corrected chi connectivity index (χ0v) is 12.0. The summed E-state index contributed by atoms with van der Waals surface area (Å²) in [7, 11) is 1.71. The van der Waals surface area contributed by atoms with Gasteiger partial charge in [-0.3, -0.25) is 0 Å². The molecule has 0 radical (unpaired) electrons. The minimum Gasteiger partial charge on any atom is -0.394 e. The van der Waals surface area contributed by atoms with E-state index in [0.29, 0.717) is 18.2 Å². The van der Waals surface area contributed by atoms with Crippen LogP contribution in [-0.4, -0.2) is 32.6 Å². The van der Waals surface area contributed by atoms with Crippen molar-refractivity contribution >= 4 is 17.3 Å². The van der Waals surface area contributed by atoms with Crippen molar-refractivity contribution in [3.63, 3.8) is 0 Å². The summed E-state index contributed by atoms with van der Waals surface area (Å²) in [6.45, 7) is 1.65. The lowest BCUT2D eigenvalue weighted by molar-refractivity contribution is 0.151. The van der Waals surface area contributed by atoms with Crippen molar-refractivity contribution < 1.29 is 9.57 Å². The molecule has 0 fully saturated rings. The number of oxime groups is 1. The van der Waals surface area contributed by atoms with Gasteiger partial charge in [-0.25, -0.2) is 0 Å². The van der Waals surface area contributed by atoms with E-state index in [1.165, 1.54) is 0 Å². The van der Waals surface area contributed by atoms with Crippen molar-refractivity contribution in [1.29, 1.82) is 0 Å². The predicted octanol–water partition coefficient (Wildman–Crippen LogP) is 2.84. The fraction of sp³-hybridized carbons (Fsp3) is 0.500. The lowest BCUT2D eigenvalue weighted by Gasteiger charge is -2.07. The van der Waals surface area contributed by atoms with E-state index >= 15 is 0 Å². The highest BCUT2D eigenvalue weighted by Gasteiger charge is 2.05. The number of ether oxygens (including phenoxy) is 1. The van der Waals surface area contributed by atoms with Crippen LogP contribution in [-0.2, 0) is 9.57 Å². The zero-order chi connectivity index (χ0) is 13.9. The van der Waals surface area contributed by atoms with Crippen molar-refractivity contribution in [1.82, 2.24) is 0 Å². The minimum absolute atomic E-state index is 0.426. The number of hydrogen-bond acceptors (Lipinski definition) is 4. The Kier molecular flexibility index (Phi) is 8.21. The number of hydrogen-bond donors (Lipinski definition) is 1. The average molecular weight is 285 g/mol. The van der Waals surface area contributed by atoms with Gasteiger partial charge in [-0.05, 0) is 37.0 Å². The SMILES string of the molecule is COCCCC/C(=N/OCCN)c1ccc(Cl)cc1. The van der Waals surface area contributed by atoms with Crippen LogP contribution in [0.1, 0.15) is 24.8 Å². The molecule has 0 unspecified atom stereocenters. The molecular formula is C14H21ClN2O2. The third-order valence-corrected chi connectivity index (χ3v) is 2.83. The molecule has 0 amide bonds. The zero-order valence-electron chi connectivity index (χ0n) is 11.3. The Morgan fingerprint density at radius 1 is 1.21 bits per heavy atom. The summed E-state index contributed by atoms with van der Waals surface area (Å²) in [5.74, 6) is 0. The number of methoxy groups -OCH3 is 1. The van der Waals surface area contributed by atoms with Crippen LogP contribution in [0.5, 0.6) is 0 Å². The Morgan fingerprint density at radius 2 is 1.95 bits per heavy atom. The van der Waals surface area contributed by atoms with Crippen LogP contribution in [0, 0.1) is 0 Å². The Hall–Kier alpha value is -1.10. The van der Waals surface area contributed by atoms with Gasteiger partial charge < -0.3 is 15.3 Å². The molecule has 0 atom stereocenters. The fourth-order valence-electron chi connectivity index (χ4n) is 1.60. The Balaban J connectivity index is 2.62. The van der Waals surface area contributed by atoms with Crippen LogP contribution in [0.15, 0.2) is 29.4 Å². The van der Waals surface area contributed by atoms with Crippen LogP contribution in [0.25, 0.3) is 0 Å². The highest BCUT2D eigenvalue weighted by Crippen LogP contribution is 2.13. The molecule has 0 saturated heterocycles. The highest BCUT2D eigenvalue weighted by atomic mass is 35.5. The molecule has 0 heterocycles. The maximum atomic E-state index is 5.88. The number of rotatable bonds is 9. The first-order valence-electron chi connectivity index (χ1n) is 6.41. The first kappa shape index (κ1) is 16.0. The van der Waals surface area contributed by atoms with E-state index < -0.39 is 0 Å². The Bertz CT molecular complexity index is 380. The summed E-state index contributed by atoms with van der Waals surface area (Å²) in [5.41, 5.74) is 7.33.